The minimum Gasteiger partial charge on any atom is -0.481 e. The van der Waals surface area contributed by atoms with E-state index in [-0.39, 0.29) is 11.7 Å². The molecular formula is C9H11ClN2O3S. The Hall–Kier alpha value is -1.14. The van der Waals surface area contributed by atoms with Crippen molar-refractivity contribution in [3.8, 4) is 0 Å². The number of aromatic amines is 1. The van der Waals surface area contributed by atoms with E-state index in [1.165, 1.54) is 24.0 Å². The van der Waals surface area contributed by atoms with E-state index in [2.05, 4.69) is 10.3 Å². The van der Waals surface area contributed by atoms with E-state index >= 15 is 0 Å². The summed E-state index contributed by atoms with van der Waals surface area (Å²) in [7, 11) is 0. The summed E-state index contributed by atoms with van der Waals surface area (Å²) in [5, 5.41) is 11.5. The standard InChI is InChI=1S/C9H11ClN2O3S/c10-6-3-7(12-4-6)9(15)11-1-2-16-5-8(13)14/h3-4,12H,1-2,5H2,(H,11,15)(H,13,14). The topological polar surface area (TPSA) is 82.2 Å². The Balaban J connectivity index is 2.18. The van der Waals surface area contributed by atoms with Crippen molar-refractivity contribution in [1.29, 1.82) is 0 Å². The SMILES string of the molecule is O=C(O)CSCCNC(=O)c1cc(Cl)c[nH]1. The number of nitrogens with one attached hydrogen (secondary N) is 2. The van der Waals surface area contributed by atoms with E-state index in [1.54, 1.807) is 0 Å². The van der Waals surface area contributed by atoms with E-state index in [0.717, 1.165) is 0 Å². The minimum atomic E-state index is -0.854. The molecule has 0 fully saturated rings. The van der Waals surface area contributed by atoms with Gasteiger partial charge in [0.1, 0.15) is 5.69 Å². The molecule has 0 unspecified atom stereocenters. The summed E-state index contributed by atoms with van der Waals surface area (Å²) < 4.78 is 0. The average Bonchev–Trinajstić information content (AvgIpc) is 2.63. The summed E-state index contributed by atoms with van der Waals surface area (Å²) >= 11 is 6.90. The summed E-state index contributed by atoms with van der Waals surface area (Å²) in [5.41, 5.74) is 0.397. The number of thioether (sulfide) groups is 1. The third kappa shape index (κ3) is 4.59. The zero-order chi connectivity index (χ0) is 12.0. The van der Waals surface area contributed by atoms with Crippen molar-refractivity contribution in [1.82, 2.24) is 10.3 Å². The lowest BCUT2D eigenvalue weighted by Crippen LogP contribution is -2.26. The highest BCUT2D eigenvalue weighted by atomic mass is 35.5. The Morgan fingerprint density at radius 1 is 1.56 bits per heavy atom. The maximum Gasteiger partial charge on any atom is 0.313 e. The second-order valence-corrected chi connectivity index (χ2v) is 4.48. The quantitative estimate of drug-likeness (QED) is 0.673. The smallest absolute Gasteiger partial charge is 0.313 e. The second kappa shape index (κ2) is 6.44. The lowest BCUT2D eigenvalue weighted by Gasteiger charge is -2.02. The van der Waals surface area contributed by atoms with Crippen molar-refractivity contribution < 1.29 is 14.7 Å². The van der Waals surface area contributed by atoms with Gasteiger partial charge >= 0.3 is 5.97 Å². The van der Waals surface area contributed by atoms with Crippen LogP contribution in [0.4, 0.5) is 0 Å². The Morgan fingerprint density at radius 2 is 2.31 bits per heavy atom. The van der Waals surface area contributed by atoms with E-state index in [9.17, 15) is 9.59 Å². The van der Waals surface area contributed by atoms with Crippen LogP contribution in [0.2, 0.25) is 5.02 Å². The van der Waals surface area contributed by atoms with Crippen LogP contribution in [0.5, 0.6) is 0 Å². The lowest BCUT2D eigenvalue weighted by molar-refractivity contribution is -0.133. The molecule has 1 aromatic heterocycles. The minimum absolute atomic E-state index is 0.0458. The number of hydrogen-bond donors (Lipinski definition) is 3. The number of rotatable bonds is 6. The van der Waals surface area contributed by atoms with Gasteiger partial charge in [0.15, 0.2) is 0 Å². The van der Waals surface area contributed by atoms with Gasteiger partial charge in [-0.25, -0.2) is 0 Å². The zero-order valence-electron chi connectivity index (χ0n) is 8.33. The lowest BCUT2D eigenvalue weighted by atomic mass is 10.4. The maximum absolute atomic E-state index is 11.4. The number of carbonyl (C=O) groups excluding carboxylic acids is 1. The molecule has 0 aliphatic carbocycles. The molecule has 5 nitrogen and oxygen atoms in total. The molecule has 1 rings (SSSR count). The van der Waals surface area contributed by atoms with Gasteiger partial charge in [-0.2, -0.15) is 0 Å². The number of hydrogen-bond acceptors (Lipinski definition) is 3. The fraction of sp³-hybridized carbons (Fsp3) is 0.333. The van der Waals surface area contributed by atoms with Crippen LogP contribution in [0, 0.1) is 0 Å². The van der Waals surface area contributed by atoms with Gasteiger partial charge in [-0.15, -0.1) is 11.8 Å². The zero-order valence-corrected chi connectivity index (χ0v) is 9.90. The normalized spacial score (nSPS) is 10.1. The van der Waals surface area contributed by atoms with Crippen LogP contribution in [0.3, 0.4) is 0 Å². The number of aromatic nitrogens is 1. The van der Waals surface area contributed by atoms with Crippen LogP contribution in [-0.2, 0) is 4.79 Å². The van der Waals surface area contributed by atoms with E-state index in [4.69, 9.17) is 16.7 Å². The van der Waals surface area contributed by atoms with Crippen LogP contribution in [-0.4, -0.2) is 40.0 Å². The molecule has 0 aliphatic heterocycles. The van der Waals surface area contributed by atoms with Crippen molar-refractivity contribution in [2.45, 2.75) is 0 Å². The molecule has 3 N–H and O–H groups in total. The van der Waals surface area contributed by atoms with Crippen molar-refractivity contribution >= 4 is 35.2 Å². The fourth-order valence-corrected chi connectivity index (χ4v) is 1.72. The number of halogens is 1. The fourth-order valence-electron chi connectivity index (χ4n) is 0.990. The molecule has 0 aliphatic rings. The van der Waals surface area contributed by atoms with Gasteiger partial charge in [0.2, 0.25) is 0 Å². The third-order valence-corrected chi connectivity index (χ3v) is 2.81. The largest absolute Gasteiger partial charge is 0.481 e. The van der Waals surface area contributed by atoms with Gasteiger partial charge in [0, 0.05) is 18.5 Å². The number of H-pyrrole nitrogens is 1. The summed E-state index contributed by atoms with van der Waals surface area (Å²) in [6, 6.07) is 1.53. The maximum atomic E-state index is 11.4. The van der Waals surface area contributed by atoms with Gasteiger partial charge in [-0.05, 0) is 6.07 Å². The monoisotopic (exact) mass is 262 g/mol. The highest BCUT2D eigenvalue weighted by Crippen LogP contribution is 2.09. The van der Waals surface area contributed by atoms with Crippen LogP contribution in [0.15, 0.2) is 12.3 Å². The van der Waals surface area contributed by atoms with E-state index in [1.807, 2.05) is 0 Å². The summed E-state index contributed by atoms with van der Waals surface area (Å²) in [4.78, 5) is 24.3. The first-order chi connectivity index (χ1) is 7.59. The third-order valence-electron chi connectivity index (χ3n) is 1.65. The van der Waals surface area contributed by atoms with Gasteiger partial charge in [0.05, 0.1) is 10.8 Å². The predicted molar refractivity (Wildman–Crippen MR) is 63.1 cm³/mol. The second-order valence-electron chi connectivity index (χ2n) is 2.93. The molecule has 0 bridgehead atoms. The number of aliphatic carboxylic acids is 1. The Labute approximate surface area is 102 Å². The van der Waals surface area contributed by atoms with E-state index < -0.39 is 5.97 Å². The summed E-state index contributed by atoms with van der Waals surface area (Å²) in [6.45, 7) is 0.424. The molecule has 16 heavy (non-hydrogen) atoms. The molecule has 0 saturated heterocycles. The van der Waals surface area contributed by atoms with Crippen LogP contribution in [0.1, 0.15) is 10.5 Å². The van der Waals surface area contributed by atoms with Crippen LogP contribution >= 0.6 is 23.4 Å². The molecule has 0 aromatic carbocycles. The van der Waals surface area contributed by atoms with Gasteiger partial charge in [-0.1, -0.05) is 11.6 Å². The van der Waals surface area contributed by atoms with Crippen LogP contribution in [0.25, 0.3) is 0 Å². The summed E-state index contributed by atoms with van der Waals surface area (Å²) in [5.74, 6) is -0.494. The molecule has 88 valence electrons. The highest BCUT2D eigenvalue weighted by molar-refractivity contribution is 7.99. The molecule has 0 saturated carbocycles. The molecule has 0 atom stereocenters. The van der Waals surface area contributed by atoms with Gasteiger partial charge in [0.25, 0.3) is 5.91 Å². The number of carboxylic acids is 1. The van der Waals surface area contributed by atoms with Crippen molar-refractivity contribution in [3.63, 3.8) is 0 Å². The Bertz CT molecular complexity index is 381. The first-order valence-corrected chi connectivity index (χ1v) is 6.04. The number of carboxylic acid groups (broad SMARTS) is 1. The van der Waals surface area contributed by atoms with Gasteiger partial charge in [-0.3, -0.25) is 9.59 Å². The van der Waals surface area contributed by atoms with Gasteiger partial charge < -0.3 is 15.4 Å². The Kier molecular flexibility index (Phi) is 5.21. The molecule has 1 amide bonds. The Morgan fingerprint density at radius 3 is 2.88 bits per heavy atom. The molecule has 0 radical (unpaired) electrons. The molecular weight excluding hydrogens is 252 g/mol. The first-order valence-electron chi connectivity index (χ1n) is 4.51. The van der Waals surface area contributed by atoms with Crippen molar-refractivity contribution in [3.05, 3.63) is 23.0 Å². The molecule has 1 heterocycles. The molecule has 7 heteroatoms. The molecule has 1 aromatic rings. The van der Waals surface area contributed by atoms with E-state index in [0.29, 0.717) is 23.0 Å². The predicted octanol–water partition coefficient (Wildman–Crippen LogP) is 1.22. The highest BCUT2D eigenvalue weighted by Gasteiger charge is 2.06. The summed E-state index contributed by atoms with van der Waals surface area (Å²) in [6.07, 6.45) is 1.52. The van der Waals surface area contributed by atoms with Crippen molar-refractivity contribution in [2.75, 3.05) is 18.1 Å². The average molecular weight is 263 g/mol. The van der Waals surface area contributed by atoms with Crippen LogP contribution < -0.4 is 5.32 Å². The molecule has 0 spiro atoms. The number of amides is 1. The first kappa shape index (κ1) is 12.9. The number of carbonyl (C=O) groups is 2. The van der Waals surface area contributed by atoms with Crippen molar-refractivity contribution in [2.24, 2.45) is 0 Å².